The highest BCUT2D eigenvalue weighted by molar-refractivity contribution is 5.77. The molecule has 0 unspecified atom stereocenters. The van der Waals surface area contributed by atoms with Crippen molar-refractivity contribution in [2.75, 3.05) is 13.1 Å². The fraction of sp³-hybridized carbons (Fsp3) is 0.762. The van der Waals surface area contributed by atoms with Gasteiger partial charge in [-0.05, 0) is 61.7 Å². The minimum Gasteiger partial charge on any atom is -0.474 e. The molecular formula is C21H29N3O2. The van der Waals surface area contributed by atoms with E-state index in [9.17, 15) is 4.79 Å². The Morgan fingerprint density at radius 3 is 2.35 bits per heavy atom. The summed E-state index contributed by atoms with van der Waals surface area (Å²) in [6.07, 6.45) is 14.3. The highest BCUT2D eigenvalue weighted by Gasteiger charge is 2.51. The van der Waals surface area contributed by atoms with E-state index < -0.39 is 0 Å². The van der Waals surface area contributed by atoms with Gasteiger partial charge in [0.15, 0.2) is 0 Å². The first-order chi connectivity index (χ1) is 12.7. The van der Waals surface area contributed by atoms with E-state index in [1.165, 1.54) is 44.9 Å². The van der Waals surface area contributed by atoms with Crippen LogP contribution >= 0.6 is 0 Å². The topological polar surface area (TPSA) is 55.3 Å². The second kappa shape index (κ2) is 6.50. The first-order valence-electron chi connectivity index (χ1n) is 10.4. The SMILES string of the molecule is O=C(CC12CC3CC(CC(C3)C1)C2)N1CCC(Oc2ccncn2)CC1. The van der Waals surface area contributed by atoms with Crippen molar-refractivity contribution in [2.24, 2.45) is 23.2 Å². The third kappa shape index (κ3) is 3.21. The maximum atomic E-state index is 13.0. The van der Waals surface area contributed by atoms with Gasteiger partial charge in [-0.1, -0.05) is 0 Å². The van der Waals surface area contributed by atoms with Crippen LogP contribution in [0.2, 0.25) is 0 Å². The summed E-state index contributed by atoms with van der Waals surface area (Å²) < 4.78 is 5.93. The summed E-state index contributed by atoms with van der Waals surface area (Å²) in [4.78, 5) is 23.2. The van der Waals surface area contributed by atoms with Crippen LogP contribution in [0.3, 0.4) is 0 Å². The van der Waals surface area contributed by atoms with E-state index in [1.54, 1.807) is 12.3 Å². The molecule has 5 aliphatic rings. The molecule has 1 aromatic rings. The maximum absolute atomic E-state index is 13.0. The number of piperidine rings is 1. The molecule has 5 fully saturated rings. The summed E-state index contributed by atoms with van der Waals surface area (Å²) in [5.41, 5.74) is 0.347. The lowest BCUT2D eigenvalue weighted by Crippen LogP contribution is -2.49. The lowest BCUT2D eigenvalue weighted by Gasteiger charge is -2.57. The maximum Gasteiger partial charge on any atom is 0.223 e. The van der Waals surface area contributed by atoms with Crippen molar-refractivity contribution in [3.8, 4) is 5.88 Å². The van der Waals surface area contributed by atoms with Gasteiger partial charge in [0.25, 0.3) is 0 Å². The molecule has 1 amide bonds. The van der Waals surface area contributed by atoms with Gasteiger partial charge in [-0.3, -0.25) is 4.79 Å². The van der Waals surface area contributed by atoms with E-state index in [4.69, 9.17) is 4.74 Å². The zero-order valence-electron chi connectivity index (χ0n) is 15.5. The Hall–Kier alpha value is -1.65. The smallest absolute Gasteiger partial charge is 0.223 e. The largest absolute Gasteiger partial charge is 0.474 e. The monoisotopic (exact) mass is 355 g/mol. The minimum atomic E-state index is 0.161. The first kappa shape index (κ1) is 16.5. The molecule has 0 N–H and O–H groups in total. The van der Waals surface area contributed by atoms with Crippen molar-refractivity contribution in [2.45, 2.75) is 63.9 Å². The minimum absolute atomic E-state index is 0.161. The highest BCUT2D eigenvalue weighted by Crippen LogP contribution is 2.61. The number of aromatic nitrogens is 2. The van der Waals surface area contributed by atoms with Gasteiger partial charge in [0.1, 0.15) is 12.4 Å². The van der Waals surface area contributed by atoms with Crippen LogP contribution in [0.25, 0.3) is 0 Å². The third-order valence-corrected chi connectivity index (χ3v) is 7.33. The van der Waals surface area contributed by atoms with Crippen LogP contribution < -0.4 is 4.74 Å². The first-order valence-corrected chi connectivity index (χ1v) is 10.4. The predicted octanol–water partition coefficient (Wildman–Crippen LogP) is 3.45. The van der Waals surface area contributed by atoms with Gasteiger partial charge in [-0.2, -0.15) is 0 Å². The van der Waals surface area contributed by atoms with E-state index in [-0.39, 0.29) is 6.10 Å². The van der Waals surface area contributed by atoms with Crippen LogP contribution in [0.15, 0.2) is 18.6 Å². The zero-order chi connectivity index (χ0) is 17.6. The zero-order valence-corrected chi connectivity index (χ0v) is 15.5. The average molecular weight is 355 g/mol. The van der Waals surface area contributed by atoms with Crippen LogP contribution in [0.4, 0.5) is 0 Å². The molecule has 26 heavy (non-hydrogen) atoms. The van der Waals surface area contributed by atoms with E-state index >= 15 is 0 Å². The van der Waals surface area contributed by atoms with Gasteiger partial charge in [0.05, 0.1) is 0 Å². The summed E-state index contributed by atoms with van der Waals surface area (Å²) in [6.45, 7) is 1.64. The number of carbonyl (C=O) groups excluding carboxylic acids is 1. The molecule has 0 atom stereocenters. The van der Waals surface area contributed by atoms with Gasteiger partial charge in [-0.15, -0.1) is 0 Å². The molecule has 2 heterocycles. The van der Waals surface area contributed by atoms with E-state index in [0.717, 1.165) is 50.1 Å². The molecule has 1 aromatic heterocycles. The molecule has 5 nitrogen and oxygen atoms in total. The van der Waals surface area contributed by atoms with Crippen LogP contribution in [-0.2, 0) is 4.79 Å². The summed E-state index contributed by atoms with van der Waals surface area (Å²) in [6, 6.07) is 1.80. The number of ether oxygens (including phenoxy) is 1. The molecule has 4 bridgehead atoms. The molecule has 0 radical (unpaired) electrons. The van der Waals surface area contributed by atoms with Crippen LogP contribution in [-0.4, -0.2) is 40.0 Å². The molecule has 1 aliphatic heterocycles. The molecule has 0 spiro atoms. The predicted molar refractivity (Wildman–Crippen MR) is 97.5 cm³/mol. The van der Waals surface area contributed by atoms with Crippen molar-refractivity contribution in [1.82, 2.24) is 14.9 Å². The molecule has 4 aliphatic carbocycles. The van der Waals surface area contributed by atoms with Gasteiger partial charge < -0.3 is 9.64 Å². The molecule has 6 rings (SSSR count). The fourth-order valence-corrected chi connectivity index (χ4v) is 6.68. The molecule has 5 heteroatoms. The Bertz CT molecular complexity index is 619. The van der Waals surface area contributed by atoms with Crippen molar-refractivity contribution < 1.29 is 9.53 Å². The Labute approximate surface area is 155 Å². The number of amides is 1. The Balaban J connectivity index is 1.15. The van der Waals surface area contributed by atoms with Crippen molar-refractivity contribution >= 4 is 5.91 Å². The standard InChI is InChI=1S/C21H29N3O2/c25-20(13-21-10-15-7-16(11-21)9-17(8-15)12-21)24-5-2-18(3-6-24)26-19-1-4-22-14-23-19/h1,4,14-18H,2-3,5-13H2. The number of nitrogens with zero attached hydrogens (tertiary/aromatic N) is 3. The lowest BCUT2D eigenvalue weighted by molar-refractivity contribution is -0.141. The highest BCUT2D eigenvalue weighted by atomic mass is 16.5. The number of carbonyl (C=O) groups is 1. The summed E-state index contributed by atoms with van der Waals surface area (Å²) >= 11 is 0. The van der Waals surface area contributed by atoms with Crippen LogP contribution in [0, 0.1) is 23.2 Å². The average Bonchev–Trinajstić information content (AvgIpc) is 2.61. The van der Waals surface area contributed by atoms with Crippen molar-refractivity contribution in [3.63, 3.8) is 0 Å². The van der Waals surface area contributed by atoms with E-state index in [2.05, 4.69) is 14.9 Å². The number of hydrogen-bond donors (Lipinski definition) is 0. The Morgan fingerprint density at radius 1 is 1.12 bits per heavy atom. The van der Waals surface area contributed by atoms with Gasteiger partial charge >= 0.3 is 0 Å². The van der Waals surface area contributed by atoms with Crippen LogP contribution in [0.1, 0.15) is 57.8 Å². The number of hydrogen-bond acceptors (Lipinski definition) is 4. The number of rotatable bonds is 4. The Morgan fingerprint density at radius 2 is 1.77 bits per heavy atom. The van der Waals surface area contributed by atoms with Gasteiger partial charge in [-0.25, -0.2) is 9.97 Å². The molecular weight excluding hydrogens is 326 g/mol. The second-order valence-corrected chi connectivity index (χ2v) is 9.34. The van der Waals surface area contributed by atoms with E-state index in [1.807, 2.05) is 0 Å². The molecule has 4 saturated carbocycles. The Kier molecular flexibility index (Phi) is 4.13. The van der Waals surface area contributed by atoms with Crippen molar-refractivity contribution in [1.29, 1.82) is 0 Å². The normalized spacial score (nSPS) is 36.3. The summed E-state index contributed by atoms with van der Waals surface area (Å²) in [7, 11) is 0. The van der Waals surface area contributed by atoms with Gasteiger partial charge in [0.2, 0.25) is 11.8 Å². The second-order valence-electron chi connectivity index (χ2n) is 9.34. The summed E-state index contributed by atoms with van der Waals surface area (Å²) in [5, 5.41) is 0. The van der Waals surface area contributed by atoms with E-state index in [0.29, 0.717) is 17.2 Å². The van der Waals surface area contributed by atoms with Gasteiger partial charge in [0, 0.05) is 44.6 Å². The molecule has 140 valence electrons. The van der Waals surface area contributed by atoms with Crippen molar-refractivity contribution in [3.05, 3.63) is 18.6 Å². The molecule has 0 aromatic carbocycles. The quantitative estimate of drug-likeness (QED) is 0.830. The number of likely N-dealkylation sites (tertiary alicyclic amines) is 1. The van der Waals surface area contributed by atoms with Crippen LogP contribution in [0.5, 0.6) is 5.88 Å². The summed E-state index contributed by atoms with van der Waals surface area (Å²) in [5.74, 6) is 3.79. The lowest BCUT2D eigenvalue weighted by atomic mass is 9.49. The molecule has 1 saturated heterocycles. The third-order valence-electron chi connectivity index (χ3n) is 7.33. The fourth-order valence-electron chi connectivity index (χ4n) is 6.68.